The summed E-state index contributed by atoms with van der Waals surface area (Å²) < 4.78 is 4.92. The zero-order valence-electron chi connectivity index (χ0n) is 10.2. The van der Waals surface area contributed by atoms with Crippen molar-refractivity contribution in [1.82, 2.24) is 4.98 Å². The number of hydrogen-bond acceptors (Lipinski definition) is 7. The summed E-state index contributed by atoms with van der Waals surface area (Å²) in [4.78, 5) is 14.8. The monoisotopic (exact) mass is 272 g/mol. The number of nitrogens with two attached hydrogens (primary N) is 1. The number of pyridine rings is 1. The van der Waals surface area contributed by atoms with Crippen molar-refractivity contribution < 1.29 is 19.7 Å². The summed E-state index contributed by atoms with van der Waals surface area (Å²) in [5.74, 6) is 0.374. The summed E-state index contributed by atoms with van der Waals surface area (Å²) in [7, 11) is 1.44. The van der Waals surface area contributed by atoms with Crippen LogP contribution in [0.1, 0.15) is 18.7 Å². The molecule has 7 heteroatoms. The van der Waals surface area contributed by atoms with Gasteiger partial charge < -0.3 is 20.7 Å². The Labute approximate surface area is 109 Å². The minimum absolute atomic E-state index is 0.0782. The topological polar surface area (TPSA) is 106 Å². The van der Waals surface area contributed by atoms with Gasteiger partial charge in [-0.15, -0.1) is 0 Å². The summed E-state index contributed by atoms with van der Waals surface area (Å²) >= 11 is 0.929. The molecule has 0 bridgehead atoms. The Bertz CT molecular complexity index is 428. The summed E-state index contributed by atoms with van der Waals surface area (Å²) in [5, 5.41) is 19.5. The van der Waals surface area contributed by atoms with Crippen LogP contribution in [0.25, 0.3) is 0 Å². The fourth-order valence-electron chi connectivity index (χ4n) is 1.29. The molecule has 2 atom stereocenters. The van der Waals surface area contributed by atoms with E-state index in [9.17, 15) is 15.0 Å². The molecule has 0 spiro atoms. The van der Waals surface area contributed by atoms with Crippen LogP contribution < -0.4 is 10.5 Å². The van der Waals surface area contributed by atoms with E-state index >= 15 is 0 Å². The molecule has 0 aromatic carbocycles. The maximum absolute atomic E-state index is 10.8. The van der Waals surface area contributed by atoms with E-state index in [0.717, 1.165) is 11.8 Å². The lowest BCUT2D eigenvalue weighted by Gasteiger charge is -2.18. The van der Waals surface area contributed by atoms with Crippen molar-refractivity contribution >= 4 is 22.6 Å². The van der Waals surface area contributed by atoms with E-state index in [0.29, 0.717) is 5.88 Å². The molecule has 1 aromatic heterocycles. The van der Waals surface area contributed by atoms with Crippen LogP contribution in [0.5, 0.6) is 5.88 Å². The van der Waals surface area contributed by atoms with Crippen molar-refractivity contribution in [3.63, 3.8) is 0 Å². The predicted octanol–water partition coefficient (Wildman–Crippen LogP) is 0.346. The van der Waals surface area contributed by atoms with E-state index in [1.54, 1.807) is 6.07 Å². The minimum Gasteiger partial charge on any atom is -0.481 e. The predicted molar refractivity (Wildman–Crippen MR) is 69.3 cm³/mol. The summed E-state index contributed by atoms with van der Waals surface area (Å²) in [5.41, 5.74) is 6.08. The van der Waals surface area contributed by atoms with Gasteiger partial charge in [-0.05, 0) is 6.07 Å². The highest BCUT2D eigenvalue weighted by atomic mass is 32.2. The lowest BCUT2D eigenvalue weighted by Crippen LogP contribution is -2.23. The lowest BCUT2D eigenvalue weighted by atomic mass is 10.1. The van der Waals surface area contributed by atoms with Gasteiger partial charge in [0.15, 0.2) is 5.12 Å². The second-order valence-electron chi connectivity index (χ2n) is 3.64. The van der Waals surface area contributed by atoms with Gasteiger partial charge >= 0.3 is 0 Å². The van der Waals surface area contributed by atoms with Crippen LogP contribution in [0.15, 0.2) is 12.1 Å². The van der Waals surface area contributed by atoms with Gasteiger partial charge in [0.2, 0.25) is 5.88 Å². The molecular formula is C11H16N2O4S. The number of rotatable bonds is 5. The number of aromatic nitrogens is 1. The number of aliphatic hydroxyl groups excluding tert-OH is 2. The molecule has 0 aliphatic heterocycles. The Morgan fingerprint density at radius 1 is 1.56 bits per heavy atom. The second-order valence-corrected chi connectivity index (χ2v) is 4.84. The minimum atomic E-state index is -1.26. The molecule has 4 N–H and O–H groups in total. The van der Waals surface area contributed by atoms with Crippen LogP contribution in [0, 0.1) is 0 Å². The largest absolute Gasteiger partial charge is 0.481 e. The third-order valence-electron chi connectivity index (χ3n) is 2.24. The van der Waals surface area contributed by atoms with Crippen molar-refractivity contribution in [2.45, 2.75) is 19.1 Å². The van der Waals surface area contributed by atoms with Crippen molar-refractivity contribution in [3.05, 3.63) is 17.8 Å². The van der Waals surface area contributed by atoms with E-state index in [4.69, 9.17) is 10.5 Å². The van der Waals surface area contributed by atoms with Crippen LogP contribution in [-0.2, 0) is 4.79 Å². The zero-order chi connectivity index (χ0) is 13.7. The molecular weight excluding hydrogens is 256 g/mol. The molecule has 100 valence electrons. The molecule has 0 fully saturated rings. The molecule has 0 aliphatic carbocycles. The third kappa shape index (κ3) is 3.86. The van der Waals surface area contributed by atoms with E-state index in [1.807, 2.05) is 0 Å². The number of nitrogen functional groups attached to an aromatic ring is 1. The van der Waals surface area contributed by atoms with E-state index in [-0.39, 0.29) is 22.2 Å². The van der Waals surface area contributed by atoms with Crippen LogP contribution in [0.2, 0.25) is 0 Å². The molecule has 1 heterocycles. The standard InChI is InChI=1S/C11H16N2O4S/c1-6(14)18-5-8(15)11(16)10-7(12)3-4-9(13-10)17-2/h3-4,8,11,15-16H,5,12H2,1-2H3. The lowest BCUT2D eigenvalue weighted by molar-refractivity contribution is -0.109. The molecule has 1 rings (SSSR count). The summed E-state index contributed by atoms with van der Waals surface area (Å²) in [6.07, 6.45) is -2.38. The number of anilines is 1. The zero-order valence-corrected chi connectivity index (χ0v) is 11.0. The Balaban J connectivity index is 2.81. The highest BCUT2D eigenvalue weighted by molar-refractivity contribution is 8.13. The van der Waals surface area contributed by atoms with Crippen molar-refractivity contribution in [2.24, 2.45) is 0 Å². The van der Waals surface area contributed by atoms with Gasteiger partial charge in [-0.2, -0.15) is 0 Å². The number of carbonyl (C=O) groups excluding carboxylic acids is 1. The highest BCUT2D eigenvalue weighted by Gasteiger charge is 2.23. The van der Waals surface area contributed by atoms with Gasteiger partial charge in [-0.3, -0.25) is 4.79 Å². The maximum Gasteiger partial charge on any atom is 0.213 e. The molecule has 0 amide bonds. The maximum atomic E-state index is 10.8. The first kappa shape index (κ1) is 14.7. The number of methoxy groups -OCH3 is 1. The highest BCUT2D eigenvalue weighted by Crippen LogP contribution is 2.25. The van der Waals surface area contributed by atoms with E-state index in [2.05, 4.69) is 4.98 Å². The van der Waals surface area contributed by atoms with Crippen molar-refractivity contribution in [1.29, 1.82) is 0 Å². The van der Waals surface area contributed by atoms with Crippen LogP contribution in [0.3, 0.4) is 0 Å². The first-order chi connectivity index (χ1) is 8.45. The smallest absolute Gasteiger partial charge is 0.213 e. The summed E-state index contributed by atoms with van der Waals surface area (Å²) in [6, 6.07) is 3.09. The molecule has 0 saturated carbocycles. The van der Waals surface area contributed by atoms with Crippen LogP contribution in [-0.4, -0.2) is 39.3 Å². The number of carbonyl (C=O) groups is 1. The molecule has 0 aliphatic rings. The van der Waals surface area contributed by atoms with Gasteiger partial charge in [-0.1, -0.05) is 11.8 Å². The fourth-order valence-corrected chi connectivity index (χ4v) is 1.88. The first-order valence-corrected chi connectivity index (χ1v) is 6.24. The summed E-state index contributed by atoms with van der Waals surface area (Å²) in [6.45, 7) is 1.39. The molecule has 1 aromatic rings. The Kier molecular flexibility index (Phi) is 5.39. The van der Waals surface area contributed by atoms with Crippen molar-refractivity contribution in [3.8, 4) is 5.88 Å². The number of aliphatic hydroxyl groups is 2. The molecule has 6 nitrogen and oxygen atoms in total. The number of hydrogen-bond donors (Lipinski definition) is 3. The first-order valence-electron chi connectivity index (χ1n) is 5.25. The number of thioether (sulfide) groups is 1. The SMILES string of the molecule is COc1ccc(N)c(C(O)C(O)CSC(C)=O)n1. The average molecular weight is 272 g/mol. The number of ether oxygens (including phenoxy) is 1. The normalized spacial score (nSPS) is 14.0. The Hall–Kier alpha value is -1.31. The molecule has 0 saturated heterocycles. The molecule has 2 unspecified atom stereocenters. The average Bonchev–Trinajstić information content (AvgIpc) is 2.35. The number of nitrogens with zero attached hydrogens (tertiary/aromatic N) is 1. The van der Waals surface area contributed by atoms with E-state index in [1.165, 1.54) is 20.1 Å². The van der Waals surface area contributed by atoms with Gasteiger partial charge in [-0.25, -0.2) is 4.98 Å². The van der Waals surface area contributed by atoms with Gasteiger partial charge in [0, 0.05) is 18.7 Å². The quantitative estimate of drug-likeness (QED) is 0.710. The Morgan fingerprint density at radius 2 is 2.22 bits per heavy atom. The van der Waals surface area contributed by atoms with Crippen molar-refractivity contribution in [2.75, 3.05) is 18.6 Å². The Morgan fingerprint density at radius 3 is 2.78 bits per heavy atom. The molecule has 0 radical (unpaired) electrons. The van der Waals surface area contributed by atoms with Gasteiger partial charge in [0.1, 0.15) is 6.10 Å². The third-order valence-corrected chi connectivity index (χ3v) is 3.16. The fraction of sp³-hybridized carbons (Fsp3) is 0.455. The van der Waals surface area contributed by atoms with Gasteiger partial charge in [0.05, 0.1) is 24.6 Å². The van der Waals surface area contributed by atoms with Crippen LogP contribution >= 0.6 is 11.8 Å². The van der Waals surface area contributed by atoms with Crippen LogP contribution in [0.4, 0.5) is 5.69 Å². The second kappa shape index (κ2) is 6.58. The molecule has 18 heavy (non-hydrogen) atoms. The van der Waals surface area contributed by atoms with E-state index < -0.39 is 12.2 Å². The van der Waals surface area contributed by atoms with Gasteiger partial charge in [0.25, 0.3) is 0 Å².